The van der Waals surface area contributed by atoms with E-state index in [1.165, 1.54) is 18.1 Å². The van der Waals surface area contributed by atoms with Gasteiger partial charge >= 0.3 is 0 Å². The summed E-state index contributed by atoms with van der Waals surface area (Å²) in [5.74, 6) is 1.36. The number of aromatic nitrogens is 5. The molecule has 0 aliphatic heterocycles. The number of imidazole rings is 1. The van der Waals surface area contributed by atoms with Crippen LogP contribution in [0.4, 0.5) is 0 Å². The van der Waals surface area contributed by atoms with Crippen LogP contribution in [0, 0.1) is 0 Å². The van der Waals surface area contributed by atoms with Crippen molar-refractivity contribution in [3.05, 3.63) is 48.5 Å². The summed E-state index contributed by atoms with van der Waals surface area (Å²) in [6.07, 6.45) is 4.90. The van der Waals surface area contributed by atoms with Crippen LogP contribution in [0.3, 0.4) is 0 Å². The van der Waals surface area contributed by atoms with Gasteiger partial charge in [-0.3, -0.25) is 9.89 Å². The molecule has 0 atom stereocenters. The number of nitrogens with zero attached hydrogens (tertiary/aromatic N) is 3. The predicted molar refractivity (Wildman–Crippen MR) is 83.5 cm³/mol. The molecular weight excluding hydrogens is 300 g/mol. The first-order valence-corrected chi connectivity index (χ1v) is 7.67. The van der Waals surface area contributed by atoms with Gasteiger partial charge in [-0.2, -0.15) is 5.10 Å². The molecule has 8 heteroatoms. The second-order valence-electron chi connectivity index (χ2n) is 4.41. The van der Waals surface area contributed by atoms with Gasteiger partial charge in [-0.15, -0.1) is 0 Å². The number of carbonyl (C=O) groups excluding carboxylic acids is 1. The summed E-state index contributed by atoms with van der Waals surface area (Å²) < 4.78 is 0. The standard InChI is InChI=1S/C14H14N6OS/c21-13(17-6-7-22-14-18-9-19-20-14)11-3-1-2-10(8-11)12-15-4-5-16-12/h1-5,8-9H,6-7H2,(H,15,16)(H,17,21)(H,18,19,20). The molecule has 0 fully saturated rings. The zero-order valence-electron chi connectivity index (χ0n) is 11.6. The summed E-state index contributed by atoms with van der Waals surface area (Å²) in [6.45, 7) is 0.551. The second kappa shape index (κ2) is 6.90. The molecule has 0 saturated carbocycles. The van der Waals surface area contributed by atoms with E-state index >= 15 is 0 Å². The van der Waals surface area contributed by atoms with Crippen LogP contribution in [-0.2, 0) is 0 Å². The maximum atomic E-state index is 12.1. The number of benzene rings is 1. The van der Waals surface area contributed by atoms with Crippen LogP contribution in [0.1, 0.15) is 10.4 Å². The minimum Gasteiger partial charge on any atom is -0.351 e. The maximum Gasteiger partial charge on any atom is 0.251 e. The number of thioether (sulfide) groups is 1. The average Bonchev–Trinajstić information content (AvgIpc) is 3.24. The van der Waals surface area contributed by atoms with Gasteiger partial charge in [0.05, 0.1) is 0 Å². The van der Waals surface area contributed by atoms with Crippen LogP contribution < -0.4 is 5.32 Å². The van der Waals surface area contributed by atoms with Gasteiger partial charge in [-0.1, -0.05) is 23.9 Å². The Labute approximate surface area is 131 Å². The fraction of sp³-hybridized carbons (Fsp3) is 0.143. The molecule has 22 heavy (non-hydrogen) atoms. The Balaban J connectivity index is 1.55. The molecule has 3 aromatic rings. The third-order valence-corrected chi connectivity index (χ3v) is 3.79. The lowest BCUT2D eigenvalue weighted by Crippen LogP contribution is -2.25. The van der Waals surface area contributed by atoms with Crippen LogP contribution in [0.5, 0.6) is 0 Å². The monoisotopic (exact) mass is 314 g/mol. The quantitative estimate of drug-likeness (QED) is 0.475. The molecule has 1 aromatic carbocycles. The summed E-state index contributed by atoms with van der Waals surface area (Å²) in [4.78, 5) is 23.4. The van der Waals surface area contributed by atoms with Gasteiger partial charge in [0.15, 0.2) is 5.16 Å². The molecule has 0 aliphatic carbocycles. The van der Waals surface area contributed by atoms with Gasteiger partial charge in [0, 0.05) is 35.8 Å². The van der Waals surface area contributed by atoms with Crippen molar-refractivity contribution in [3.63, 3.8) is 0 Å². The molecule has 3 rings (SSSR count). The summed E-state index contributed by atoms with van der Waals surface area (Å²) in [6, 6.07) is 7.36. The highest BCUT2D eigenvalue weighted by atomic mass is 32.2. The van der Waals surface area contributed by atoms with E-state index in [1.54, 1.807) is 18.5 Å². The lowest BCUT2D eigenvalue weighted by atomic mass is 10.1. The molecule has 0 unspecified atom stereocenters. The van der Waals surface area contributed by atoms with E-state index in [1.807, 2.05) is 18.2 Å². The van der Waals surface area contributed by atoms with E-state index in [2.05, 4.69) is 30.5 Å². The molecule has 0 spiro atoms. The number of nitrogens with one attached hydrogen (secondary N) is 3. The fourth-order valence-electron chi connectivity index (χ4n) is 1.91. The molecule has 0 bridgehead atoms. The summed E-state index contributed by atoms with van der Waals surface area (Å²) in [5.41, 5.74) is 1.49. The van der Waals surface area contributed by atoms with Gasteiger partial charge in [0.2, 0.25) is 0 Å². The highest BCUT2D eigenvalue weighted by Gasteiger charge is 2.08. The SMILES string of the molecule is O=C(NCCSc1ncn[nH]1)c1cccc(-c2ncc[nH]2)c1. The third kappa shape index (κ3) is 3.53. The molecule has 1 amide bonds. The van der Waals surface area contributed by atoms with Crippen molar-refractivity contribution >= 4 is 17.7 Å². The number of aromatic amines is 2. The van der Waals surface area contributed by atoms with Crippen LogP contribution in [-0.4, -0.2) is 43.4 Å². The molecule has 0 radical (unpaired) electrons. The highest BCUT2D eigenvalue weighted by molar-refractivity contribution is 7.99. The lowest BCUT2D eigenvalue weighted by Gasteiger charge is -2.05. The zero-order chi connectivity index (χ0) is 15.2. The molecule has 3 N–H and O–H groups in total. The highest BCUT2D eigenvalue weighted by Crippen LogP contribution is 2.16. The Kier molecular flexibility index (Phi) is 4.50. The van der Waals surface area contributed by atoms with Crippen LogP contribution >= 0.6 is 11.8 Å². The van der Waals surface area contributed by atoms with Crippen molar-refractivity contribution < 1.29 is 4.79 Å². The average molecular weight is 314 g/mol. The Hall–Kier alpha value is -2.61. The number of hydrogen-bond acceptors (Lipinski definition) is 5. The summed E-state index contributed by atoms with van der Waals surface area (Å²) >= 11 is 1.51. The van der Waals surface area contributed by atoms with Crippen LogP contribution in [0.2, 0.25) is 0 Å². The Morgan fingerprint density at radius 2 is 2.27 bits per heavy atom. The van der Waals surface area contributed by atoms with Crippen LogP contribution in [0.15, 0.2) is 48.1 Å². The summed E-state index contributed by atoms with van der Waals surface area (Å²) in [7, 11) is 0. The van der Waals surface area contributed by atoms with Crippen LogP contribution in [0.25, 0.3) is 11.4 Å². The Morgan fingerprint density at radius 3 is 3.05 bits per heavy atom. The Bertz CT molecular complexity index is 726. The number of carbonyl (C=O) groups is 1. The van der Waals surface area contributed by atoms with E-state index in [-0.39, 0.29) is 5.91 Å². The molecule has 0 saturated heterocycles. The van der Waals surface area contributed by atoms with E-state index in [0.29, 0.717) is 12.1 Å². The van der Waals surface area contributed by atoms with Crippen molar-refractivity contribution in [1.29, 1.82) is 0 Å². The molecule has 112 valence electrons. The molecule has 2 aromatic heterocycles. The van der Waals surface area contributed by atoms with Crippen molar-refractivity contribution in [3.8, 4) is 11.4 Å². The first-order chi connectivity index (χ1) is 10.8. The third-order valence-electron chi connectivity index (χ3n) is 2.92. The predicted octanol–water partition coefficient (Wildman–Crippen LogP) is 1.72. The van der Waals surface area contributed by atoms with E-state index < -0.39 is 0 Å². The minimum atomic E-state index is -0.105. The van der Waals surface area contributed by atoms with E-state index in [4.69, 9.17) is 0 Å². The van der Waals surface area contributed by atoms with Gasteiger partial charge < -0.3 is 10.3 Å². The van der Waals surface area contributed by atoms with Crippen molar-refractivity contribution in [2.75, 3.05) is 12.3 Å². The number of hydrogen-bond donors (Lipinski definition) is 3. The van der Waals surface area contributed by atoms with Gasteiger partial charge in [0.25, 0.3) is 5.91 Å². The fourth-order valence-corrected chi connectivity index (χ4v) is 2.55. The van der Waals surface area contributed by atoms with Crippen molar-refractivity contribution in [2.45, 2.75) is 5.16 Å². The van der Waals surface area contributed by atoms with Gasteiger partial charge in [-0.25, -0.2) is 9.97 Å². The van der Waals surface area contributed by atoms with E-state index in [0.717, 1.165) is 22.3 Å². The largest absolute Gasteiger partial charge is 0.351 e. The second-order valence-corrected chi connectivity index (χ2v) is 5.50. The molecule has 7 nitrogen and oxygen atoms in total. The number of amides is 1. The zero-order valence-corrected chi connectivity index (χ0v) is 12.4. The van der Waals surface area contributed by atoms with Crippen molar-refractivity contribution in [2.24, 2.45) is 0 Å². The van der Waals surface area contributed by atoms with E-state index in [9.17, 15) is 4.79 Å². The minimum absolute atomic E-state index is 0.105. The summed E-state index contributed by atoms with van der Waals surface area (Å²) in [5, 5.41) is 10.1. The molecular formula is C14H14N6OS. The lowest BCUT2D eigenvalue weighted by molar-refractivity contribution is 0.0956. The molecule has 0 aliphatic rings. The molecule has 2 heterocycles. The number of rotatable bonds is 6. The Morgan fingerprint density at radius 1 is 1.32 bits per heavy atom. The number of H-pyrrole nitrogens is 2. The first-order valence-electron chi connectivity index (χ1n) is 6.69. The smallest absolute Gasteiger partial charge is 0.251 e. The first kappa shape index (κ1) is 14.3. The van der Waals surface area contributed by atoms with Gasteiger partial charge in [-0.05, 0) is 12.1 Å². The van der Waals surface area contributed by atoms with Crippen molar-refractivity contribution in [1.82, 2.24) is 30.5 Å². The maximum absolute atomic E-state index is 12.1. The normalized spacial score (nSPS) is 10.5. The van der Waals surface area contributed by atoms with Gasteiger partial charge in [0.1, 0.15) is 12.2 Å². The topological polar surface area (TPSA) is 99.3 Å².